The number of benzene rings is 1. The molecule has 3 rings (SSSR count). The van der Waals surface area contributed by atoms with Crippen LogP contribution in [0.15, 0.2) is 30.6 Å². The average Bonchev–Trinajstić information content (AvgIpc) is 2.62. The van der Waals surface area contributed by atoms with E-state index >= 15 is 0 Å². The Bertz CT molecular complexity index is 734. The number of amides is 1. The fourth-order valence-electron chi connectivity index (χ4n) is 2.62. The minimum atomic E-state index is -0.458. The summed E-state index contributed by atoms with van der Waals surface area (Å²) in [6.45, 7) is 4.00. The third-order valence-electron chi connectivity index (χ3n) is 4.08. The van der Waals surface area contributed by atoms with Gasteiger partial charge in [0.2, 0.25) is 5.95 Å². The van der Waals surface area contributed by atoms with E-state index in [1.807, 2.05) is 19.3 Å². The Hall–Kier alpha value is -2.25. The highest BCUT2D eigenvalue weighted by molar-refractivity contribution is 6.30. The molecule has 1 saturated carbocycles. The lowest BCUT2D eigenvalue weighted by Crippen LogP contribution is -2.42. The summed E-state index contributed by atoms with van der Waals surface area (Å²) in [6.07, 6.45) is 5.55. The Kier molecular flexibility index (Phi) is 6.27. The molecule has 0 atom stereocenters. The number of aromatic nitrogens is 2. The molecule has 1 aliphatic rings. The van der Waals surface area contributed by atoms with Crippen LogP contribution in [-0.2, 0) is 5.54 Å². The van der Waals surface area contributed by atoms with Gasteiger partial charge in [0, 0.05) is 12.4 Å². The summed E-state index contributed by atoms with van der Waals surface area (Å²) >= 11 is 5.89. The maximum atomic E-state index is 13.4. The number of nitrogens with one attached hydrogen (secondary N) is 2. The van der Waals surface area contributed by atoms with E-state index in [1.165, 1.54) is 18.5 Å². The van der Waals surface area contributed by atoms with Crippen LogP contribution in [-0.4, -0.2) is 15.9 Å². The van der Waals surface area contributed by atoms with Crippen LogP contribution in [0.25, 0.3) is 0 Å². The average molecular weight is 366 g/mol. The Morgan fingerprint density at radius 2 is 1.92 bits per heavy atom. The summed E-state index contributed by atoms with van der Waals surface area (Å²) in [4.78, 5) is 19.7. The molecule has 6 nitrogen and oxygen atoms in total. The van der Waals surface area contributed by atoms with Crippen molar-refractivity contribution in [1.29, 1.82) is 0 Å². The second kappa shape index (κ2) is 8.22. The van der Waals surface area contributed by atoms with Crippen LogP contribution in [0.5, 0.6) is 0 Å². The van der Waals surface area contributed by atoms with E-state index in [4.69, 9.17) is 17.4 Å². The van der Waals surface area contributed by atoms with Crippen molar-refractivity contribution in [3.05, 3.63) is 52.6 Å². The van der Waals surface area contributed by atoms with Crippen molar-refractivity contribution in [2.75, 3.05) is 5.32 Å². The third kappa shape index (κ3) is 4.05. The number of halogens is 2. The van der Waals surface area contributed by atoms with Gasteiger partial charge in [0.15, 0.2) is 0 Å². The van der Waals surface area contributed by atoms with E-state index in [1.54, 1.807) is 12.1 Å². The monoisotopic (exact) mass is 365 g/mol. The first-order valence-electron chi connectivity index (χ1n) is 8.11. The van der Waals surface area contributed by atoms with Crippen LogP contribution in [0.1, 0.15) is 49.0 Å². The topological polar surface area (TPSA) is 92.9 Å². The molecule has 0 unspecified atom stereocenters. The van der Waals surface area contributed by atoms with Crippen molar-refractivity contribution in [2.45, 2.75) is 38.6 Å². The van der Waals surface area contributed by atoms with Gasteiger partial charge in [-0.05, 0) is 37.0 Å². The predicted octanol–water partition coefficient (Wildman–Crippen LogP) is 3.39. The molecular formula is C17H21ClFN5O. The zero-order valence-corrected chi connectivity index (χ0v) is 14.9. The third-order valence-corrected chi connectivity index (χ3v) is 4.37. The van der Waals surface area contributed by atoms with Gasteiger partial charge in [-0.2, -0.15) is 0 Å². The molecular weight excluding hydrogens is 345 g/mol. The number of hydrogen-bond donors (Lipinski definition) is 3. The maximum absolute atomic E-state index is 13.4. The molecule has 1 amide bonds. The van der Waals surface area contributed by atoms with Crippen molar-refractivity contribution in [2.24, 2.45) is 5.84 Å². The van der Waals surface area contributed by atoms with E-state index < -0.39 is 11.7 Å². The molecule has 1 aromatic carbocycles. The van der Waals surface area contributed by atoms with Crippen molar-refractivity contribution in [1.82, 2.24) is 15.4 Å². The molecule has 2 aromatic rings. The van der Waals surface area contributed by atoms with Crippen molar-refractivity contribution < 1.29 is 9.18 Å². The number of nitrogen functional groups attached to an aromatic ring is 1. The fraction of sp³-hybridized carbons (Fsp3) is 0.353. The zero-order chi connectivity index (χ0) is 18.4. The number of carbonyl (C=O) groups is 1. The number of anilines is 1. The van der Waals surface area contributed by atoms with Gasteiger partial charge in [-0.25, -0.2) is 20.2 Å². The molecule has 1 fully saturated rings. The standard InChI is InChI=1S/C15H15ClFN5O.C2H6/c16-11-6-10(2-3-12(11)17)15(4-1-5-15)21-14-19-7-9(8-20-14)13(23)22-18;1-2/h2-3,6-8H,1,4-5,18H2,(H,22,23)(H,19,20,21);1-2H3. The van der Waals surface area contributed by atoms with E-state index in [2.05, 4.69) is 15.3 Å². The van der Waals surface area contributed by atoms with E-state index in [0.29, 0.717) is 5.95 Å². The lowest BCUT2D eigenvalue weighted by molar-refractivity contribution is 0.0953. The minimum Gasteiger partial charge on any atom is -0.345 e. The van der Waals surface area contributed by atoms with Crippen molar-refractivity contribution in [3.63, 3.8) is 0 Å². The Morgan fingerprint density at radius 3 is 2.40 bits per heavy atom. The molecule has 134 valence electrons. The number of carbonyl (C=O) groups excluding carboxylic acids is 1. The maximum Gasteiger partial charge on any atom is 0.268 e. The summed E-state index contributed by atoms with van der Waals surface area (Å²) in [5.41, 5.74) is 2.81. The molecule has 25 heavy (non-hydrogen) atoms. The molecule has 1 heterocycles. The first kappa shape index (κ1) is 19.1. The molecule has 0 radical (unpaired) electrons. The van der Waals surface area contributed by atoms with Gasteiger partial charge in [-0.1, -0.05) is 31.5 Å². The van der Waals surface area contributed by atoms with Crippen LogP contribution < -0.4 is 16.6 Å². The lowest BCUT2D eigenvalue weighted by atomic mass is 9.72. The van der Waals surface area contributed by atoms with Gasteiger partial charge in [0.25, 0.3) is 5.91 Å². The summed E-state index contributed by atoms with van der Waals surface area (Å²) in [6, 6.07) is 4.69. The number of nitrogens with two attached hydrogens (primary N) is 1. The van der Waals surface area contributed by atoms with Crippen LogP contribution in [0.3, 0.4) is 0 Å². The van der Waals surface area contributed by atoms with Crippen LogP contribution in [0, 0.1) is 5.82 Å². The fourth-order valence-corrected chi connectivity index (χ4v) is 2.80. The minimum absolute atomic E-state index is 0.0893. The number of nitrogens with zero attached hydrogens (tertiary/aromatic N) is 2. The van der Waals surface area contributed by atoms with Crippen molar-refractivity contribution in [3.8, 4) is 0 Å². The normalized spacial score (nSPS) is 14.6. The first-order valence-corrected chi connectivity index (χ1v) is 8.48. The Morgan fingerprint density at radius 1 is 1.28 bits per heavy atom. The smallest absolute Gasteiger partial charge is 0.268 e. The zero-order valence-electron chi connectivity index (χ0n) is 14.1. The second-order valence-electron chi connectivity index (χ2n) is 5.46. The van der Waals surface area contributed by atoms with Crippen LogP contribution in [0.2, 0.25) is 5.02 Å². The summed E-state index contributed by atoms with van der Waals surface area (Å²) < 4.78 is 13.4. The molecule has 4 N–H and O–H groups in total. The van der Waals surface area contributed by atoms with Gasteiger partial charge in [-0.3, -0.25) is 10.2 Å². The Balaban J connectivity index is 0.00000109. The van der Waals surface area contributed by atoms with Crippen molar-refractivity contribution >= 4 is 23.5 Å². The number of rotatable bonds is 4. The lowest BCUT2D eigenvalue weighted by Gasteiger charge is -2.43. The SMILES string of the molecule is CC.NNC(=O)c1cnc(NC2(c3ccc(F)c(Cl)c3)CCC2)nc1. The molecule has 1 aliphatic carbocycles. The number of hydrazine groups is 1. The Labute approximate surface area is 151 Å². The van der Waals surface area contributed by atoms with E-state index in [9.17, 15) is 9.18 Å². The largest absolute Gasteiger partial charge is 0.345 e. The highest BCUT2D eigenvalue weighted by Gasteiger charge is 2.39. The van der Waals surface area contributed by atoms with Gasteiger partial charge >= 0.3 is 0 Å². The van der Waals surface area contributed by atoms with E-state index in [-0.39, 0.29) is 16.1 Å². The highest BCUT2D eigenvalue weighted by Crippen LogP contribution is 2.44. The molecule has 1 aromatic heterocycles. The van der Waals surface area contributed by atoms with Gasteiger partial charge < -0.3 is 5.32 Å². The van der Waals surface area contributed by atoms with Crippen LogP contribution >= 0.6 is 11.6 Å². The quantitative estimate of drug-likeness (QED) is 0.438. The van der Waals surface area contributed by atoms with Gasteiger partial charge in [0.05, 0.1) is 16.1 Å². The molecule has 0 aliphatic heterocycles. The predicted molar refractivity (Wildman–Crippen MR) is 95.6 cm³/mol. The van der Waals surface area contributed by atoms with E-state index in [0.717, 1.165) is 24.8 Å². The highest BCUT2D eigenvalue weighted by atomic mass is 35.5. The van der Waals surface area contributed by atoms with Gasteiger partial charge in [0.1, 0.15) is 5.82 Å². The molecule has 0 spiro atoms. The first-order chi connectivity index (χ1) is 12.0. The number of hydrogen-bond acceptors (Lipinski definition) is 5. The summed E-state index contributed by atoms with van der Waals surface area (Å²) in [5.74, 6) is 4.55. The molecule has 0 saturated heterocycles. The second-order valence-corrected chi connectivity index (χ2v) is 5.87. The summed E-state index contributed by atoms with van der Waals surface area (Å²) in [7, 11) is 0. The van der Waals surface area contributed by atoms with Gasteiger partial charge in [-0.15, -0.1) is 0 Å². The molecule has 0 bridgehead atoms. The summed E-state index contributed by atoms with van der Waals surface area (Å²) in [5, 5.41) is 3.36. The molecule has 8 heteroatoms. The van der Waals surface area contributed by atoms with Crippen LogP contribution in [0.4, 0.5) is 10.3 Å².